The highest BCUT2D eigenvalue weighted by molar-refractivity contribution is 9.10. The van der Waals surface area contributed by atoms with Crippen molar-refractivity contribution < 1.29 is 0 Å². The first-order chi connectivity index (χ1) is 9.22. The van der Waals surface area contributed by atoms with E-state index >= 15 is 0 Å². The van der Waals surface area contributed by atoms with E-state index < -0.39 is 0 Å². The van der Waals surface area contributed by atoms with Crippen LogP contribution in [-0.2, 0) is 13.5 Å². The topological polar surface area (TPSA) is 29.9 Å². The molecule has 2 aromatic heterocycles. The molecular formula is C14H20BrN3S. The molecule has 0 fully saturated rings. The van der Waals surface area contributed by atoms with E-state index in [4.69, 9.17) is 0 Å². The van der Waals surface area contributed by atoms with Crippen molar-refractivity contribution in [2.45, 2.75) is 32.2 Å². The Labute approximate surface area is 127 Å². The summed E-state index contributed by atoms with van der Waals surface area (Å²) in [5, 5.41) is 10.0. The molecule has 0 aromatic carbocycles. The van der Waals surface area contributed by atoms with E-state index in [2.05, 4.69) is 50.8 Å². The second-order valence-electron chi connectivity index (χ2n) is 4.62. The van der Waals surface area contributed by atoms with E-state index in [0.29, 0.717) is 6.04 Å². The number of hydrogen-bond donors (Lipinski definition) is 1. The molecule has 2 heterocycles. The highest BCUT2D eigenvalue weighted by Gasteiger charge is 2.15. The second-order valence-corrected chi connectivity index (χ2v) is 6.43. The van der Waals surface area contributed by atoms with Gasteiger partial charge >= 0.3 is 0 Å². The molecule has 2 rings (SSSR count). The van der Waals surface area contributed by atoms with Crippen molar-refractivity contribution in [2.75, 3.05) is 6.54 Å². The van der Waals surface area contributed by atoms with Crippen molar-refractivity contribution >= 4 is 27.3 Å². The van der Waals surface area contributed by atoms with Gasteiger partial charge in [-0.15, -0.1) is 11.3 Å². The average Bonchev–Trinajstić information content (AvgIpc) is 2.99. The summed E-state index contributed by atoms with van der Waals surface area (Å²) >= 11 is 5.46. The molecule has 5 heteroatoms. The van der Waals surface area contributed by atoms with Crippen LogP contribution in [0.2, 0.25) is 0 Å². The van der Waals surface area contributed by atoms with E-state index in [1.807, 2.05) is 29.3 Å². The lowest BCUT2D eigenvalue weighted by Crippen LogP contribution is -2.22. The molecule has 0 amide bonds. The molecule has 0 saturated carbocycles. The summed E-state index contributed by atoms with van der Waals surface area (Å²) in [6.45, 7) is 3.26. The third-order valence-corrected chi connectivity index (χ3v) is 5.20. The van der Waals surface area contributed by atoms with Crippen molar-refractivity contribution in [2.24, 2.45) is 7.05 Å². The van der Waals surface area contributed by atoms with Crippen LogP contribution in [0.5, 0.6) is 0 Å². The van der Waals surface area contributed by atoms with Gasteiger partial charge in [0.2, 0.25) is 0 Å². The maximum Gasteiger partial charge on any atom is 0.0492 e. The lowest BCUT2D eigenvalue weighted by Gasteiger charge is -2.18. The molecule has 1 unspecified atom stereocenters. The highest BCUT2D eigenvalue weighted by Crippen LogP contribution is 2.31. The fourth-order valence-electron chi connectivity index (χ4n) is 2.14. The molecule has 0 bridgehead atoms. The molecule has 0 aliphatic heterocycles. The molecule has 104 valence electrons. The molecule has 0 saturated heterocycles. The summed E-state index contributed by atoms with van der Waals surface area (Å²) < 4.78 is 3.18. The Morgan fingerprint density at radius 2 is 2.32 bits per heavy atom. The fourth-order valence-corrected chi connectivity index (χ4v) is 3.90. The molecule has 0 spiro atoms. The standard InChI is InChI=1S/C14H20BrN3S/c1-3-8-16-13(14-12(15)7-10-19-14)5-4-11-6-9-17-18(11)2/h6-7,9-10,13,16H,3-5,8H2,1-2H3. The summed E-state index contributed by atoms with van der Waals surface area (Å²) in [4.78, 5) is 1.40. The maximum absolute atomic E-state index is 4.23. The Morgan fingerprint density at radius 1 is 1.47 bits per heavy atom. The van der Waals surface area contributed by atoms with Gasteiger partial charge in [-0.3, -0.25) is 4.68 Å². The third kappa shape index (κ3) is 3.91. The normalized spacial score (nSPS) is 12.8. The third-order valence-electron chi connectivity index (χ3n) is 3.21. The van der Waals surface area contributed by atoms with Gasteiger partial charge in [0.1, 0.15) is 0 Å². The van der Waals surface area contributed by atoms with Crippen molar-refractivity contribution in [3.63, 3.8) is 0 Å². The van der Waals surface area contributed by atoms with Crippen LogP contribution in [0.4, 0.5) is 0 Å². The van der Waals surface area contributed by atoms with Gasteiger partial charge < -0.3 is 5.32 Å². The molecule has 19 heavy (non-hydrogen) atoms. The van der Waals surface area contributed by atoms with Crippen molar-refractivity contribution in [3.8, 4) is 0 Å². The minimum atomic E-state index is 0.421. The minimum Gasteiger partial charge on any atom is -0.309 e. The Morgan fingerprint density at radius 3 is 2.89 bits per heavy atom. The van der Waals surface area contributed by atoms with Crippen LogP contribution < -0.4 is 5.32 Å². The van der Waals surface area contributed by atoms with Gasteiger partial charge in [0.15, 0.2) is 0 Å². The molecule has 2 aromatic rings. The number of aromatic nitrogens is 2. The first kappa shape index (κ1) is 14.8. The van der Waals surface area contributed by atoms with E-state index in [1.165, 1.54) is 15.0 Å². The van der Waals surface area contributed by atoms with Crippen molar-refractivity contribution in [1.29, 1.82) is 0 Å². The van der Waals surface area contributed by atoms with E-state index in [0.717, 1.165) is 25.8 Å². The summed E-state index contributed by atoms with van der Waals surface area (Å²) in [6, 6.07) is 4.65. The minimum absolute atomic E-state index is 0.421. The first-order valence-electron chi connectivity index (χ1n) is 6.65. The van der Waals surface area contributed by atoms with Crippen LogP contribution >= 0.6 is 27.3 Å². The predicted molar refractivity (Wildman–Crippen MR) is 84.6 cm³/mol. The summed E-state index contributed by atoms with van der Waals surface area (Å²) in [5.74, 6) is 0. The van der Waals surface area contributed by atoms with Gasteiger partial charge in [-0.25, -0.2) is 0 Å². The Bertz CT molecular complexity index is 506. The van der Waals surface area contributed by atoms with Gasteiger partial charge in [-0.1, -0.05) is 6.92 Å². The molecule has 1 N–H and O–H groups in total. The Hall–Kier alpha value is -0.650. The van der Waals surface area contributed by atoms with E-state index in [9.17, 15) is 0 Å². The molecule has 0 aliphatic rings. The van der Waals surface area contributed by atoms with Crippen LogP contribution in [0.25, 0.3) is 0 Å². The Kier molecular flexibility index (Phi) is 5.60. The summed E-state index contributed by atoms with van der Waals surface area (Å²) in [7, 11) is 2.00. The van der Waals surface area contributed by atoms with E-state index in [1.54, 1.807) is 0 Å². The zero-order valence-corrected chi connectivity index (χ0v) is 13.8. The van der Waals surface area contributed by atoms with Gasteiger partial charge in [-0.2, -0.15) is 5.10 Å². The lowest BCUT2D eigenvalue weighted by atomic mass is 10.1. The van der Waals surface area contributed by atoms with Crippen LogP contribution in [0, 0.1) is 0 Å². The number of thiophene rings is 1. The zero-order valence-electron chi connectivity index (χ0n) is 11.4. The van der Waals surface area contributed by atoms with E-state index in [-0.39, 0.29) is 0 Å². The number of nitrogens with zero attached hydrogens (tertiary/aromatic N) is 2. The van der Waals surface area contributed by atoms with Crippen molar-refractivity contribution in [3.05, 3.63) is 38.8 Å². The number of halogens is 1. The molecular weight excluding hydrogens is 322 g/mol. The monoisotopic (exact) mass is 341 g/mol. The maximum atomic E-state index is 4.23. The largest absolute Gasteiger partial charge is 0.309 e. The number of hydrogen-bond acceptors (Lipinski definition) is 3. The van der Waals surface area contributed by atoms with Gasteiger partial charge in [-0.05, 0) is 59.2 Å². The van der Waals surface area contributed by atoms with Gasteiger partial charge in [0, 0.05) is 34.3 Å². The smallest absolute Gasteiger partial charge is 0.0492 e. The molecule has 3 nitrogen and oxygen atoms in total. The van der Waals surface area contributed by atoms with Crippen molar-refractivity contribution in [1.82, 2.24) is 15.1 Å². The van der Waals surface area contributed by atoms with Gasteiger partial charge in [0.25, 0.3) is 0 Å². The number of rotatable bonds is 7. The highest BCUT2D eigenvalue weighted by atomic mass is 79.9. The fraction of sp³-hybridized carbons (Fsp3) is 0.500. The summed E-state index contributed by atoms with van der Waals surface area (Å²) in [6.07, 6.45) is 5.16. The summed E-state index contributed by atoms with van der Waals surface area (Å²) in [5.41, 5.74) is 1.29. The number of aryl methyl sites for hydroxylation is 2. The predicted octanol–water partition coefficient (Wildman–Crippen LogP) is 3.92. The average molecular weight is 342 g/mol. The molecule has 0 radical (unpaired) electrons. The van der Waals surface area contributed by atoms with Crippen LogP contribution in [-0.4, -0.2) is 16.3 Å². The second kappa shape index (κ2) is 7.22. The SMILES string of the molecule is CCCNC(CCc1ccnn1C)c1sccc1Br. The van der Waals surface area contributed by atoms with Crippen LogP contribution in [0.1, 0.15) is 36.4 Å². The first-order valence-corrected chi connectivity index (χ1v) is 8.32. The number of nitrogens with one attached hydrogen (secondary N) is 1. The molecule has 1 atom stereocenters. The molecule has 0 aliphatic carbocycles. The Balaban J connectivity index is 2.02. The lowest BCUT2D eigenvalue weighted by molar-refractivity contribution is 0.497. The zero-order chi connectivity index (χ0) is 13.7. The quantitative estimate of drug-likeness (QED) is 0.827. The van der Waals surface area contributed by atoms with Crippen LogP contribution in [0.15, 0.2) is 28.2 Å². The van der Waals surface area contributed by atoms with Gasteiger partial charge in [0.05, 0.1) is 0 Å². The van der Waals surface area contributed by atoms with Crippen LogP contribution in [0.3, 0.4) is 0 Å².